The van der Waals surface area contributed by atoms with E-state index >= 15 is 0 Å². The minimum atomic E-state index is -4.14. The van der Waals surface area contributed by atoms with Gasteiger partial charge in [0.1, 0.15) is 0 Å². The molecular formula is C59H64N4O8S3. The molecule has 1 aliphatic heterocycles. The summed E-state index contributed by atoms with van der Waals surface area (Å²) < 4.78 is 65.2. The number of hydrogen-bond acceptors (Lipinski definition) is 10. The van der Waals surface area contributed by atoms with E-state index in [0.717, 1.165) is 70.7 Å². The van der Waals surface area contributed by atoms with Gasteiger partial charge in [-0.25, -0.2) is 0 Å². The molecule has 1 amide bonds. The Bertz CT molecular complexity index is 3440. The highest BCUT2D eigenvalue weighted by Gasteiger charge is 2.41. The number of unbranched alkanes of at least 4 members (excludes halogenated alkanes) is 2. The van der Waals surface area contributed by atoms with Crippen LogP contribution in [0.25, 0.3) is 21.5 Å². The maximum absolute atomic E-state index is 15.0. The average molecular weight is 1050 g/mol. The number of nitrogens with two attached hydrogens (primary N) is 1. The van der Waals surface area contributed by atoms with Gasteiger partial charge in [-0.3, -0.25) is 18.7 Å². The molecule has 0 aromatic heterocycles. The van der Waals surface area contributed by atoms with Crippen molar-refractivity contribution in [2.45, 2.75) is 81.9 Å². The summed E-state index contributed by atoms with van der Waals surface area (Å²) in [4.78, 5) is 33.5. The highest BCUT2D eigenvalue weighted by Crippen LogP contribution is 2.52. The quantitative estimate of drug-likeness (QED) is 0.0210. The maximum Gasteiger partial charge on any atom is 0.264 e. The van der Waals surface area contributed by atoms with Crippen LogP contribution in [0.4, 0.5) is 22.7 Å². The van der Waals surface area contributed by atoms with Crippen molar-refractivity contribution >= 4 is 88.0 Å². The minimum absolute atomic E-state index is 0.160. The first-order chi connectivity index (χ1) is 35.2. The Kier molecular flexibility index (Phi) is 16.4. The lowest BCUT2D eigenvalue weighted by atomic mass is 9.76. The molecule has 74 heavy (non-hydrogen) atoms. The average Bonchev–Trinajstić information content (AvgIpc) is 3.58. The second-order valence-corrected chi connectivity index (χ2v) is 24.4. The number of fused-ring (bicyclic) bond motifs is 4. The van der Waals surface area contributed by atoms with Crippen molar-refractivity contribution in [3.05, 3.63) is 185 Å². The first-order valence-electron chi connectivity index (χ1n) is 24.9. The van der Waals surface area contributed by atoms with Gasteiger partial charge < -0.3 is 21.3 Å². The Morgan fingerprint density at radius 3 is 2.07 bits per heavy atom. The molecule has 0 saturated carbocycles. The number of allylic oxidation sites excluding steroid dienone is 7. The molecule has 15 heteroatoms. The second kappa shape index (κ2) is 22.5. The van der Waals surface area contributed by atoms with Crippen LogP contribution < -0.4 is 21.3 Å². The molecule has 0 bridgehead atoms. The zero-order valence-corrected chi connectivity index (χ0v) is 44.6. The molecule has 1 heterocycles. The molecule has 8 rings (SSSR count). The number of amides is 1. The van der Waals surface area contributed by atoms with E-state index < -0.39 is 37.0 Å². The summed E-state index contributed by atoms with van der Waals surface area (Å²) in [5.41, 5.74) is 12.3. The van der Waals surface area contributed by atoms with E-state index in [4.69, 9.17) is 5.73 Å². The van der Waals surface area contributed by atoms with Gasteiger partial charge in [0, 0.05) is 62.7 Å². The number of para-hydroxylation sites is 1. The summed E-state index contributed by atoms with van der Waals surface area (Å²) in [7, 11) is -8.22. The Balaban J connectivity index is 1.24. The lowest BCUT2D eigenvalue weighted by Crippen LogP contribution is -2.29. The third-order valence-electron chi connectivity index (χ3n) is 14.0. The number of nitrogens with one attached hydrogen (secondary N) is 2. The van der Waals surface area contributed by atoms with Crippen LogP contribution >= 0.6 is 11.8 Å². The molecule has 2 aliphatic rings. The molecule has 0 saturated heterocycles. The summed E-state index contributed by atoms with van der Waals surface area (Å²) in [6, 6.07) is 41.3. The fourth-order valence-electron chi connectivity index (χ4n) is 10.3. The SMILES string of the molecule is CC(C)(C(=O)C=CC1=C(Sc2ccc(N)cc2)C(=CC=C2N(CCCCS(=O)(=O)O)c3ccc4ccccc4c3C2(C)C)CC(C(=O)Nc2ccccc2)C1)c1c(NCCCCS(=O)(=O)O)ccc2ccccc12. The fourth-order valence-corrected chi connectivity index (χ4v) is 12.5. The number of nitrogen functional groups attached to an aromatic ring is 1. The van der Waals surface area contributed by atoms with Crippen molar-refractivity contribution in [2.24, 2.45) is 5.92 Å². The van der Waals surface area contributed by atoms with Crippen LogP contribution in [0.15, 0.2) is 178 Å². The van der Waals surface area contributed by atoms with Gasteiger partial charge in [-0.1, -0.05) is 117 Å². The van der Waals surface area contributed by atoms with Crippen LogP contribution in [0.5, 0.6) is 0 Å². The number of anilines is 4. The first kappa shape index (κ1) is 53.8. The van der Waals surface area contributed by atoms with E-state index in [1.54, 1.807) is 17.8 Å². The van der Waals surface area contributed by atoms with Gasteiger partial charge in [0.25, 0.3) is 20.2 Å². The molecule has 6 aromatic carbocycles. The van der Waals surface area contributed by atoms with E-state index in [9.17, 15) is 35.5 Å². The lowest BCUT2D eigenvalue weighted by molar-refractivity contribution is -0.120. The van der Waals surface area contributed by atoms with Crippen LogP contribution in [-0.4, -0.2) is 62.2 Å². The first-order valence-corrected chi connectivity index (χ1v) is 29.0. The molecule has 6 N–H and O–H groups in total. The number of rotatable bonds is 20. The Morgan fingerprint density at radius 2 is 1.38 bits per heavy atom. The maximum atomic E-state index is 15.0. The number of nitrogens with zero attached hydrogens (tertiary/aromatic N) is 1. The number of carbonyl (C=O) groups excluding carboxylic acids is 2. The topological polar surface area (TPSA) is 196 Å². The Labute approximate surface area is 439 Å². The standard InChI is InChI=1S/C59H64N4O8S3/c1-58(2)52(63(35-13-15-37-74(69,70)71)51-31-23-41-17-9-11-21-49(41)55(51)58)32-24-42-38-44(57(65)62-46-18-6-5-7-19-46)39-43(56(42)72-47-28-26-45(60)27-29-47)25-33-53(64)59(3,4)54-48-20-10-8-16-40(48)22-30-50(54)61-34-12-14-36-73(66,67)68/h5-11,16-33,44,61H,12-15,34-39,60H2,1-4H3,(H,62,65)(H,66,67,68)(H,69,70,71). The molecule has 12 nitrogen and oxygen atoms in total. The molecule has 1 unspecified atom stereocenters. The normalized spacial score (nSPS) is 17.2. The van der Waals surface area contributed by atoms with Gasteiger partial charge in [-0.05, 0) is 157 Å². The van der Waals surface area contributed by atoms with Gasteiger partial charge in [-0.15, -0.1) is 0 Å². The van der Waals surface area contributed by atoms with Crippen LogP contribution in [0.1, 0.15) is 77.3 Å². The third-order valence-corrected chi connectivity index (χ3v) is 16.9. The van der Waals surface area contributed by atoms with Crippen LogP contribution in [0, 0.1) is 5.92 Å². The molecule has 0 spiro atoms. The summed E-state index contributed by atoms with van der Waals surface area (Å²) in [6.07, 6.45) is 9.96. The summed E-state index contributed by atoms with van der Waals surface area (Å²) >= 11 is 1.55. The van der Waals surface area contributed by atoms with Crippen molar-refractivity contribution in [1.29, 1.82) is 0 Å². The zero-order chi connectivity index (χ0) is 52.8. The van der Waals surface area contributed by atoms with Gasteiger partial charge in [0.05, 0.1) is 16.9 Å². The Hall–Kier alpha value is -6.49. The van der Waals surface area contributed by atoms with Gasteiger partial charge in [0.15, 0.2) is 5.78 Å². The van der Waals surface area contributed by atoms with E-state index in [2.05, 4.69) is 65.8 Å². The predicted octanol–water partition coefficient (Wildman–Crippen LogP) is 12.4. The van der Waals surface area contributed by atoms with Gasteiger partial charge in [-0.2, -0.15) is 16.8 Å². The van der Waals surface area contributed by atoms with E-state index in [0.29, 0.717) is 50.1 Å². The number of hydrogen-bond donors (Lipinski definition) is 5. The number of ketones is 1. The second-order valence-electron chi connectivity index (χ2n) is 20.1. The van der Waals surface area contributed by atoms with Crippen molar-refractivity contribution in [3.8, 4) is 0 Å². The summed E-state index contributed by atoms with van der Waals surface area (Å²) in [5, 5.41) is 10.7. The van der Waals surface area contributed by atoms with Gasteiger partial charge in [0.2, 0.25) is 5.91 Å². The van der Waals surface area contributed by atoms with Gasteiger partial charge >= 0.3 is 0 Å². The van der Waals surface area contributed by atoms with Crippen molar-refractivity contribution in [3.63, 3.8) is 0 Å². The molecule has 1 atom stereocenters. The van der Waals surface area contributed by atoms with E-state index in [1.165, 1.54) is 0 Å². The summed E-state index contributed by atoms with van der Waals surface area (Å²) in [6.45, 7) is 9.11. The van der Waals surface area contributed by atoms with Crippen LogP contribution in [-0.2, 0) is 40.7 Å². The highest BCUT2D eigenvalue weighted by molar-refractivity contribution is 8.03. The zero-order valence-electron chi connectivity index (χ0n) is 42.2. The number of thioether (sulfide) groups is 1. The smallest absolute Gasteiger partial charge is 0.264 e. The summed E-state index contributed by atoms with van der Waals surface area (Å²) in [5.74, 6) is -1.53. The molecule has 6 aromatic rings. The molecule has 1 aliphatic carbocycles. The van der Waals surface area contributed by atoms with Crippen molar-refractivity contribution < 1.29 is 35.5 Å². The third kappa shape index (κ3) is 12.7. The molecule has 386 valence electrons. The lowest BCUT2D eigenvalue weighted by Gasteiger charge is -2.30. The van der Waals surface area contributed by atoms with Crippen LogP contribution in [0.2, 0.25) is 0 Å². The molecular weight excluding hydrogens is 989 g/mol. The number of carbonyl (C=O) groups is 2. The fraction of sp³-hybridized carbons (Fsp3) is 0.288. The molecule has 0 radical (unpaired) electrons. The van der Waals surface area contributed by atoms with E-state index in [1.807, 2.05) is 123 Å². The minimum Gasteiger partial charge on any atom is -0.399 e. The monoisotopic (exact) mass is 1050 g/mol. The van der Waals surface area contributed by atoms with E-state index in [-0.39, 0.29) is 36.0 Å². The molecule has 0 fully saturated rings. The van der Waals surface area contributed by atoms with Crippen molar-refractivity contribution in [2.75, 3.05) is 45.9 Å². The largest absolute Gasteiger partial charge is 0.399 e. The highest BCUT2D eigenvalue weighted by atomic mass is 32.2. The predicted molar refractivity (Wildman–Crippen MR) is 303 cm³/mol. The van der Waals surface area contributed by atoms with Crippen molar-refractivity contribution in [1.82, 2.24) is 0 Å². The number of benzene rings is 6. The van der Waals surface area contributed by atoms with Crippen LogP contribution in [0.3, 0.4) is 0 Å². The Morgan fingerprint density at radius 1 is 0.757 bits per heavy atom.